The number of methoxy groups -OCH3 is 1. The second-order valence-corrected chi connectivity index (χ2v) is 7.55. The smallest absolute Gasteiger partial charge is 0.213 e. The van der Waals surface area contributed by atoms with Crippen molar-refractivity contribution in [2.45, 2.75) is 25.6 Å². The molecule has 2 atom stereocenters. The molecule has 0 radical (unpaired) electrons. The van der Waals surface area contributed by atoms with Crippen LogP contribution in [0.25, 0.3) is 0 Å². The van der Waals surface area contributed by atoms with E-state index in [9.17, 15) is 0 Å². The molecular weight excluding hydrogens is 338 g/mol. The van der Waals surface area contributed by atoms with Crippen molar-refractivity contribution >= 4 is 0 Å². The van der Waals surface area contributed by atoms with E-state index in [-0.39, 0.29) is 0 Å². The van der Waals surface area contributed by atoms with Crippen LogP contribution >= 0.6 is 0 Å². The number of rotatable bonds is 5. The van der Waals surface area contributed by atoms with Gasteiger partial charge in [0.05, 0.1) is 26.0 Å². The van der Waals surface area contributed by atoms with Gasteiger partial charge in [-0.25, -0.2) is 4.98 Å². The Morgan fingerprint density at radius 2 is 1.96 bits per heavy atom. The molecule has 3 heterocycles. The van der Waals surface area contributed by atoms with Crippen LogP contribution in [0.1, 0.15) is 17.7 Å². The maximum atomic E-state index is 5.96. The van der Waals surface area contributed by atoms with Crippen LogP contribution in [-0.4, -0.2) is 60.8 Å². The molecule has 1 aromatic carbocycles. The molecule has 2 fully saturated rings. The summed E-state index contributed by atoms with van der Waals surface area (Å²) in [5.41, 5.74) is 2.46. The fourth-order valence-electron chi connectivity index (χ4n) is 4.37. The summed E-state index contributed by atoms with van der Waals surface area (Å²) < 4.78 is 11.2. The largest absolute Gasteiger partial charge is 0.481 e. The topological polar surface area (TPSA) is 37.8 Å². The molecule has 1 aromatic heterocycles. The second kappa shape index (κ2) is 8.83. The molecule has 4 rings (SSSR count). The minimum Gasteiger partial charge on any atom is -0.481 e. The van der Waals surface area contributed by atoms with Crippen LogP contribution < -0.4 is 4.74 Å². The summed E-state index contributed by atoms with van der Waals surface area (Å²) in [4.78, 5) is 9.72. The number of benzene rings is 1. The molecule has 0 bridgehead atoms. The van der Waals surface area contributed by atoms with Crippen LogP contribution in [0.15, 0.2) is 48.5 Å². The number of fused-ring (bicyclic) bond motifs is 1. The summed E-state index contributed by atoms with van der Waals surface area (Å²) >= 11 is 0. The third kappa shape index (κ3) is 4.67. The molecule has 27 heavy (non-hydrogen) atoms. The fraction of sp³-hybridized carbons (Fsp3) is 0.500. The van der Waals surface area contributed by atoms with Gasteiger partial charge in [0.15, 0.2) is 0 Å². The first-order valence-electron chi connectivity index (χ1n) is 9.90. The molecule has 144 valence electrons. The Labute approximate surface area is 161 Å². The molecule has 0 saturated carbocycles. The van der Waals surface area contributed by atoms with Crippen LogP contribution in [0.4, 0.5) is 0 Å². The maximum absolute atomic E-state index is 5.96. The molecule has 2 aliphatic heterocycles. The van der Waals surface area contributed by atoms with Crippen LogP contribution in [0, 0.1) is 5.92 Å². The van der Waals surface area contributed by atoms with Gasteiger partial charge in [0.2, 0.25) is 5.88 Å². The summed E-state index contributed by atoms with van der Waals surface area (Å²) in [5, 5.41) is 0. The van der Waals surface area contributed by atoms with Gasteiger partial charge < -0.3 is 9.47 Å². The van der Waals surface area contributed by atoms with E-state index in [1.807, 2.05) is 12.1 Å². The Morgan fingerprint density at radius 3 is 2.81 bits per heavy atom. The van der Waals surface area contributed by atoms with Gasteiger partial charge in [0.25, 0.3) is 0 Å². The quantitative estimate of drug-likeness (QED) is 0.812. The van der Waals surface area contributed by atoms with Crippen molar-refractivity contribution in [1.82, 2.24) is 14.8 Å². The van der Waals surface area contributed by atoms with Crippen molar-refractivity contribution in [3.63, 3.8) is 0 Å². The third-order valence-electron chi connectivity index (χ3n) is 5.71. The van der Waals surface area contributed by atoms with E-state index in [4.69, 9.17) is 9.47 Å². The van der Waals surface area contributed by atoms with Gasteiger partial charge in [0, 0.05) is 50.7 Å². The Bertz CT molecular complexity index is 725. The summed E-state index contributed by atoms with van der Waals surface area (Å²) in [7, 11) is 1.67. The van der Waals surface area contributed by atoms with Gasteiger partial charge in [-0.2, -0.15) is 0 Å². The average Bonchev–Trinajstić information content (AvgIpc) is 2.91. The summed E-state index contributed by atoms with van der Waals surface area (Å²) in [5.74, 6) is 1.24. The second-order valence-electron chi connectivity index (χ2n) is 7.55. The summed E-state index contributed by atoms with van der Waals surface area (Å²) in [6, 6.07) is 17.4. The highest BCUT2D eigenvalue weighted by atomic mass is 16.5. The highest BCUT2D eigenvalue weighted by molar-refractivity contribution is 5.16. The Morgan fingerprint density at radius 1 is 1.07 bits per heavy atom. The average molecular weight is 367 g/mol. The molecule has 5 nitrogen and oxygen atoms in total. The monoisotopic (exact) mass is 367 g/mol. The lowest BCUT2D eigenvalue weighted by Gasteiger charge is -2.42. The van der Waals surface area contributed by atoms with Crippen molar-refractivity contribution in [3.05, 3.63) is 59.8 Å². The van der Waals surface area contributed by atoms with Gasteiger partial charge in [-0.3, -0.25) is 9.80 Å². The maximum Gasteiger partial charge on any atom is 0.213 e. The standard InChI is InChI=1S/C22H29N3O2/c1-26-22-9-5-8-20(23-22)16-24-11-10-21-19(15-24)17-27-13-12-25(21)14-18-6-3-2-4-7-18/h2-9,19,21H,10-17H2,1H3/t19-,21-/m1/s1. The van der Waals surface area contributed by atoms with Gasteiger partial charge in [0.1, 0.15) is 0 Å². The molecule has 5 heteroatoms. The predicted molar refractivity (Wildman–Crippen MR) is 106 cm³/mol. The summed E-state index contributed by atoms with van der Waals surface area (Å²) in [6.07, 6.45) is 1.19. The number of hydrogen-bond donors (Lipinski definition) is 0. The molecule has 2 aromatic rings. The van der Waals surface area contributed by atoms with Crippen molar-refractivity contribution < 1.29 is 9.47 Å². The Balaban J connectivity index is 1.41. The van der Waals surface area contributed by atoms with Crippen LogP contribution in [-0.2, 0) is 17.8 Å². The van der Waals surface area contributed by atoms with Crippen LogP contribution in [0.2, 0.25) is 0 Å². The Hall–Kier alpha value is -1.95. The molecule has 0 aliphatic carbocycles. The zero-order chi connectivity index (χ0) is 18.5. The molecule has 0 amide bonds. The number of aromatic nitrogens is 1. The zero-order valence-corrected chi connectivity index (χ0v) is 16.1. The van der Waals surface area contributed by atoms with E-state index < -0.39 is 0 Å². The van der Waals surface area contributed by atoms with E-state index in [2.05, 4.69) is 51.2 Å². The number of pyridine rings is 1. The third-order valence-corrected chi connectivity index (χ3v) is 5.71. The molecule has 0 spiro atoms. The Kier molecular flexibility index (Phi) is 6.02. The van der Waals surface area contributed by atoms with E-state index in [1.165, 1.54) is 12.0 Å². The molecular formula is C22H29N3O2. The van der Waals surface area contributed by atoms with Crippen molar-refractivity contribution in [1.29, 1.82) is 0 Å². The number of likely N-dealkylation sites (tertiary alicyclic amines) is 1. The van der Waals surface area contributed by atoms with Crippen LogP contribution in [0.5, 0.6) is 5.88 Å². The number of ether oxygens (including phenoxy) is 2. The summed E-state index contributed by atoms with van der Waals surface area (Å²) in [6.45, 7) is 6.77. The van der Waals surface area contributed by atoms with Crippen LogP contribution in [0.3, 0.4) is 0 Å². The molecule has 2 aliphatic rings. The van der Waals surface area contributed by atoms with E-state index in [0.717, 1.165) is 51.6 Å². The fourth-order valence-corrected chi connectivity index (χ4v) is 4.37. The van der Waals surface area contributed by atoms with Crippen molar-refractivity contribution in [3.8, 4) is 5.88 Å². The number of hydrogen-bond acceptors (Lipinski definition) is 5. The van der Waals surface area contributed by atoms with Gasteiger partial charge in [-0.05, 0) is 18.1 Å². The highest BCUT2D eigenvalue weighted by Gasteiger charge is 2.35. The molecule has 2 saturated heterocycles. The zero-order valence-electron chi connectivity index (χ0n) is 16.1. The first kappa shape index (κ1) is 18.4. The van der Waals surface area contributed by atoms with Crippen molar-refractivity contribution in [2.75, 3.05) is 40.0 Å². The molecule has 0 unspecified atom stereocenters. The lowest BCUT2D eigenvalue weighted by molar-refractivity contribution is 0.0434. The highest BCUT2D eigenvalue weighted by Crippen LogP contribution is 2.27. The van der Waals surface area contributed by atoms with Gasteiger partial charge in [-0.1, -0.05) is 36.4 Å². The number of piperidine rings is 1. The van der Waals surface area contributed by atoms with Gasteiger partial charge >= 0.3 is 0 Å². The first-order valence-corrected chi connectivity index (χ1v) is 9.90. The number of nitrogens with zero attached hydrogens (tertiary/aromatic N) is 3. The van der Waals surface area contributed by atoms with Crippen molar-refractivity contribution in [2.24, 2.45) is 5.92 Å². The first-order chi connectivity index (χ1) is 13.3. The van der Waals surface area contributed by atoms with Gasteiger partial charge in [-0.15, -0.1) is 0 Å². The minimum atomic E-state index is 0.551. The van der Waals surface area contributed by atoms with E-state index in [1.54, 1.807) is 7.11 Å². The predicted octanol–water partition coefficient (Wildman–Crippen LogP) is 2.81. The lowest BCUT2D eigenvalue weighted by Crippen LogP contribution is -2.51. The minimum absolute atomic E-state index is 0.551. The molecule has 0 N–H and O–H groups in total. The van der Waals surface area contributed by atoms with E-state index >= 15 is 0 Å². The SMILES string of the molecule is COc1cccc(CN2CC[C@@H]3[C@@H](COCCN3Cc3ccccc3)C2)n1. The lowest BCUT2D eigenvalue weighted by atomic mass is 9.91. The van der Waals surface area contributed by atoms with E-state index in [0.29, 0.717) is 17.8 Å². The normalized spacial score (nSPS) is 24.2.